The molecule has 0 aliphatic rings. The number of hydrogen-bond donors (Lipinski definition) is 4. The number of carbonyl (C=O) groups excluding carboxylic acids is 5. The van der Waals surface area contributed by atoms with Crippen molar-refractivity contribution in [2.24, 2.45) is 0 Å². The molecule has 0 unspecified atom stereocenters. The molecular formula is C52H59N5O11. The van der Waals surface area contributed by atoms with Crippen molar-refractivity contribution in [1.29, 1.82) is 0 Å². The number of aryl methyl sites for hydroxylation is 2. The highest BCUT2D eigenvalue weighted by Gasteiger charge is 2.35. The fourth-order valence-electron chi connectivity index (χ4n) is 7.11. The maximum Gasteiger partial charge on any atom is 0.425 e. The number of carboxylic acids is 1. The number of imide groups is 1. The number of rotatable bonds is 16. The van der Waals surface area contributed by atoms with Gasteiger partial charge in [-0.05, 0) is 150 Å². The van der Waals surface area contributed by atoms with Gasteiger partial charge in [0.15, 0.2) is 11.9 Å². The predicted octanol–water partition coefficient (Wildman–Crippen LogP) is 10.4. The number of aliphatic carboxylic acids is 1. The van der Waals surface area contributed by atoms with E-state index >= 15 is 0 Å². The van der Waals surface area contributed by atoms with Crippen LogP contribution in [0.4, 0.5) is 31.6 Å². The summed E-state index contributed by atoms with van der Waals surface area (Å²) in [4.78, 5) is 83.0. The van der Waals surface area contributed by atoms with Gasteiger partial charge in [0, 0.05) is 23.0 Å². The second kappa shape index (κ2) is 22.6. The minimum Gasteiger partial charge on any atom is -0.479 e. The average Bonchev–Trinajstić information content (AvgIpc) is 3.24. The Balaban J connectivity index is 1.28. The lowest BCUT2D eigenvalue weighted by Gasteiger charge is -2.28. The van der Waals surface area contributed by atoms with Crippen LogP contribution in [0.25, 0.3) is 10.8 Å². The van der Waals surface area contributed by atoms with E-state index in [-0.39, 0.29) is 25.5 Å². The summed E-state index contributed by atoms with van der Waals surface area (Å²) < 4.78 is 21.6. The summed E-state index contributed by atoms with van der Waals surface area (Å²) in [6, 6.07) is 24.2. The molecule has 0 radical (unpaired) electrons. The molecule has 4 amide bonds. The normalized spacial score (nSPS) is 12.4. The standard InChI is InChI=1S/C52H59N5O11/c1-10-65-44(59)30-42(56-48(62)66-31-34-16-12-11-13-17-34)36-18-14-19-38(29-36)54-43(58)21-15-20-40-32(2)26-37(27-33(40)3)45(47(60)61)55-39-22-23-41-35(28-39)24-25-53-46(41)57(49(63)67-51(4,5)6)50(64)68-52(7,8)9/h11-19,21-29,42,45,55H,10,20,30-31H2,1-9H3,(H,54,58)(H,56,62)(H,60,61)/b21-15-/t42-,45-/m1/s1. The summed E-state index contributed by atoms with van der Waals surface area (Å²) in [7, 11) is 0. The van der Waals surface area contributed by atoms with Gasteiger partial charge in [0.1, 0.15) is 17.8 Å². The summed E-state index contributed by atoms with van der Waals surface area (Å²) in [5.41, 5.74) is 3.41. The van der Waals surface area contributed by atoms with Gasteiger partial charge in [0.05, 0.1) is 19.1 Å². The molecule has 16 heteroatoms. The molecule has 2 atom stereocenters. The van der Waals surface area contributed by atoms with Crippen molar-refractivity contribution in [3.63, 3.8) is 0 Å². The van der Waals surface area contributed by atoms with Crippen LogP contribution < -0.4 is 20.9 Å². The van der Waals surface area contributed by atoms with Gasteiger partial charge in [0.2, 0.25) is 5.91 Å². The molecule has 0 saturated carbocycles. The molecule has 0 saturated heterocycles. The van der Waals surface area contributed by atoms with E-state index in [0.29, 0.717) is 39.7 Å². The molecule has 0 bridgehead atoms. The lowest BCUT2D eigenvalue weighted by molar-refractivity contribution is -0.143. The molecule has 1 heterocycles. The summed E-state index contributed by atoms with van der Waals surface area (Å²) in [6.07, 6.45) is 2.09. The molecule has 16 nitrogen and oxygen atoms in total. The van der Waals surface area contributed by atoms with E-state index < -0.39 is 59.4 Å². The Bertz CT molecular complexity index is 2620. The molecule has 4 aromatic carbocycles. The molecule has 68 heavy (non-hydrogen) atoms. The number of hydrogen-bond acceptors (Lipinski definition) is 12. The molecule has 0 spiro atoms. The number of fused-ring (bicyclic) bond motifs is 1. The average molecular weight is 930 g/mol. The summed E-state index contributed by atoms with van der Waals surface area (Å²) in [6.45, 7) is 15.7. The van der Waals surface area contributed by atoms with E-state index in [4.69, 9.17) is 18.9 Å². The lowest BCUT2D eigenvalue weighted by Crippen LogP contribution is -2.44. The van der Waals surface area contributed by atoms with Gasteiger partial charge in [-0.3, -0.25) is 9.59 Å². The zero-order valence-corrected chi connectivity index (χ0v) is 39.8. The van der Waals surface area contributed by atoms with E-state index in [1.165, 1.54) is 12.3 Å². The largest absolute Gasteiger partial charge is 0.479 e. The Morgan fingerprint density at radius 3 is 2.04 bits per heavy atom. The number of nitrogens with zero attached hydrogens (tertiary/aromatic N) is 2. The summed E-state index contributed by atoms with van der Waals surface area (Å²) in [5.74, 6) is -2.07. The maximum absolute atomic E-state index is 13.4. The number of aromatic nitrogens is 1. The van der Waals surface area contributed by atoms with E-state index in [2.05, 4.69) is 20.9 Å². The van der Waals surface area contributed by atoms with Crippen molar-refractivity contribution in [3.8, 4) is 0 Å². The van der Waals surface area contributed by atoms with Crippen LogP contribution in [0.15, 0.2) is 109 Å². The summed E-state index contributed by atoms with van der Waals surface area (Å²) >= 11 is 0. The first kappa shape index (κ1) is 51.2. The van der Waals surface area contributed by atoms with Gasteiger partial charge in [-0.2, -0.15) is 4.90 Å². The molecule has 4 N–H and O–H groups in total. The third-order valence-corrected chi connectivity index (χ3v) is 10.0. The highest BCUT2D eigenvalue weighted by molar-refractivity contribution is 6.14. The molecule has 1 aromatic heterocycles. The van der Waals surface area contributed by atoms with Crippen LogP contribution in [0.5, 0.6) is 0 Å². The number of pyridine rings is 1. The van der Waals surface area contributed by atoms with Gasteiger partial charge >= 0.3 is 30.2 Å². The SMILES string of the molecule is CCOC(=O)C[C@@H](NC(=O)OCc1ccccc1)c1cccc(NC(=O)/C=C\Cc2c(C)cc([C@@H](Nc3ccc4c(N(C(=O)OC(C)(C)C)C(=O)OC(C)(C)C)nccc4c3)C(=O)O)cc2C)c1. The highest BCUT2D eigenvalue weighted by atomic mass is 16.6. The number of anilines is 3. The molecular weight excluding hydrogens is 871 g/mol. The topological polar surface area (TPSA) is 212 Å². The van der Waals surface area contributed by atoms with Crippen molar-refractivity contribution in [2.75, 3.05) is 22.1 Å². The number of nitrogens with one attached hydrogen (secondary N) is 3. The number of amides is 4. The minimum atomic E-state index is -1.16. The monoisotopic (exact) mass is 929 g/mol. The Labute approximate surface area is 396 Å². The summed E-state index contributed by atoms with van der Waals surface area (Å²) in [5, 5.41) is 20.1. The lowest BCUT2D eigenvalue weighted by atomic mass is 9.93. The number of benzene rings is 4. The molecule has 0 aliphatic carbocycles. The Kier molecular flexibility index (Phi) is 17.1. The van der Waals surface area contributed by atoms with E-state index in [1.54, 1.807) is 115 Å². The van der Waals surface area contributed by atoms with Crippen molar-refractivity contribution in [3.05, 3.63) is 143 Å². The van der Waals surface area contributed by atoms with Gasteiger partial charge in [-0.25, -0.2) is 24.2 Å². The van der Waals surface area contributed by atoms with Gasteiger partial charge < -0.3 is 40.0 Å². The Hall–Kier alpha value is -7.75. The van der Waals surface area contributed by atoms with E-state index in [1.807, 2.05) is 44.2 Å². The van der Waals surface area contributed by atoms with E-state index in [0.717, 1.165) is 27.2 Å². The van der Waals surface area contributed by atoms with Crippen molar-refractivity contribution >= 4 is 64.1 Å². The quantitative estimate of drug-likeness (QED) is 0.0413. The van der Waals surface area contributed by atoms with Crippen molar-refractivity contribution in [1.82, 2.24) is 10.3 Å². The fourth-order valence-corrected chi connectivity index (χ4v) is 7.11. The highest BCUT2D eigenvalue weighted by Crippen LogP contribution is 2.32. The number of alkyl carbamates (subject to hydrolysis) is 1. The Morgan fingerprint density at radius 2 is 1.43 bits per heavy atom. The number of allylic oxidation sites excluding steroid dienone is 1. The number of carboxylic acid groups (broad SMARTS) is 1. The first-order chi connectivity index (χ1) is 32.1. The minimum absolute atomic E-state index is 0.0145. The third kappa shape index (κ3) is 14.9. The number of ether oxygens (including phenoxy) is 4. The fraction of sp³-hybridized carbons (Fsp3) is 0.327. The van der Waals surface area contributed by atoms with Crippen LogP contribution in [-0.2, 0) is 46.4 Å². The first-order valence-corrected chi connectivity index (χ1v) is 22.0. The zero-order valence-electron chi connectivity index (χ0n) is 39.8. The van der Waals surface area contributed by atoms with Gasteiger partial charge in [-0.1, -0.05) is 60.7 Å². The molecule has 5 aromatic rings. The molecule has 358 valence electrons. The predicted molar refractivity (Wildman–Crippen MR) is 258 cm³/mol. The van der Waals surface area contributed by atoms with Gasteiger partial charge in [0.25, 0.3) is 0 Å². The number of esters is 1. The molecule has 5 rings (SSSR count). The molecule has 0 fully saturated rings. The van der Waals surface area contributed by atoms with Crippen LogP contribution in [0.1, 0.15) is 100 Å². The van der Waals surface area contributed by atoms with Crippen molar-refractivity contribution < 1.29 is 52.8 Å². The maximum atomic E-state index is 13.4. The Morgan fingerprint density at radius 1 is 0.765 bits per heavy atom. The van der Waals surface area contributed by atoms with E-state index in [9.17, 15) is 33.9 Å². The van der Waals surface area contributed by atoms with Crippen LogP contribution in [0.3, 0.4) is 0 Å². The van der Waals surface area contributed by atoms with Crippen molar-refractivity contribution in [2.45, 2.75) is 105 Å². The van der Waals surface area contributed by atoms with Crippen LogP contribution in [0.2, 0.25) is 0 Å². The van der Waals surface area contributed by atoms with Crippen LogP contribution in [-0.4, -0.2) is 64.0 Å². The molecule has 0 aliphatic heterocycles. The smallest absolute Gasteiger partial charge is 0.425 e. The second-order valence-electron chi connectivity index (χ2n) is 17.9. The number of carbonyl (C=O) groups is 6. The zero-order chi connectivity index (χ0) is 49.8. The second-order valence-corrected chi connectivity index (χ2v) is 17.9. The first-order valence-electron chi connectivity index (χ1n) is 22.0. The third-order valence-electron chi connectivity index (χ3n) is 10.0. The van der Waals surface area contributed by atoms with Gasteiger partial charge in [-0.15, -0.1) is 0 Å². The van der Waals surface area contributed by atoms with Crippen LogP contribution >= 0.6 is 0 Å². The van der Waals surface area contributed by atoms with Crippen LogP contribution in [0, 0.1) is 13.8 Å².